The van der Waals surface area contributed by atoms with E-state index in [9.17, 15) is 0 Å². The van der Waals surface area contributed by atoms with Gasteiger partial charge in [0.15, 0.2) is 0 Å². The Kier molecular flexibility index (Phi) is 3.06. The number of nitrogen functional groups attached to an aromatic ring is 1. The number of anilines is 1. The summed E-state index contributed by atoms with van der Waals surface area (Å²) in [6.07, 6.45) is 0.835. The third kappa shape index (κ3) is 2.40. The Bertz CT molecular complexity index is 706. The van der Waals surface area contributed by atoms with Gasteiger partial charge in [0.1, 0.15) is 0 Å². The number of benzene rings is 2. The van der Waals surface area contributed by atoms with Gasteiger partial charge in [0.2, 0.25) is 0 Å². The molecule has 0 aliphatic heterocycles. The van der Waals surface area contributed by atoms with E-state index < -0.39 is 0 Å². The Morgan fingerprint density at radius 2 is 2.06 bits per heavy atom. The second-order valence-corrected chi connectivity index (χ2v) is 6.17. The van der Waals surface area contributed by atoms with Gasteiger partial charge in [-0.05, 0) is 35.9 Å². The Balaban J connectivity index is 1.95. The summed E-state index contributed by atoms with van der Waals surface area (Å²) in [6.45, 7) is 0. The smallest absolute Gasteiger partial charge is 0.0982 e. The van der Waals surface area contributed by atoms with Gasteiger partial charge < -0.3 is 5.73 Å². The molecular weight excluding hydrogens is 308 g/mol. The summed E-state index contributed by atoms with van der Waals surface area (Å²) in [5.74, 6) is 0. The van der Waals surface area contributed by atoms with Crippen LogP contribution < -0.4 is 5.73 Å². The van der Waals surface area contributed by atoms with Crippen LogP contribution in [0.2, 0.25) is 0 Å². The molecule has 3 rings (SSSR count). The maximum absolute atomic E-state index is 5.78. The molecule has 3 aromatic rings. The molecule has 4 heteroatoms. The Morgan fingerprint density at radius 3 is 2.89 bits per heavy atom. The molecule has 0 fully saturated rings. The van der Waals surface area contributed by atoms with Gasteiger partial charge in [-0.15, -0.1) is 11.3 Å². The third-order valence-electron chi connectivity index (χ3n) is 2.70. The first kappa shape index (κ1) is 11.7. The molecule has 1 heterocycles. The zero-order chi connectivity index (χ0) is 12.5. The molecule has 0 spiro atoms. The summed E-state index contributed by atoms with van der Waals surface area (Å²) >= 11 is 5.20. The van der Waals surface area contributed by atoms with Crippen molar-refractivity contribution in [3.8, 4) is 0 Å². The molecular formula is C14H11BrN2S. The molecule has 0 saturated carbocycles. The Hall–Kier alpha value is -1.39. The maximum Gasteiger partial charge on any atom is 0.0982 e. The lowest BCUT2D eigenvalue weighted by Crippen LogP contribution is -1.90. The highest BCUT2D eigenvalue weighted by molar-refractivity contribution is 9.10. The quantitative estimate of drug-likeness (QED) is 0.718. The lowest BCUT2D eigenvalue weighted by Gasteiger charge is -1.98. The van der Waals surface area contributed by atoms with Crippen LogP contribution in [0.1, 0.15) is 10.6 Å². The largest absolute Gasteiger partial charge is 0.399 e. The fraction of sp³-hybridized carbons (Fsp3) is 0.0714. The van der Waals surface area contributed by atoms with E-state index in [1.807, 2.05) is 24.3 Å². The average molecular weight is 319 g/mol. The molecule has 90 valence electrons. The van der Waals surface area contributed by atoms with Crippen LogP contribution in [-0.4, -0.2) is 4.98 Å². The van der Waals surface area contributed by atoms with Gasteiger partial charge in [0.05, 0.1) is 15.2 Å². The SMILES string of the molecule is Nc1cccc(Cc2nc3cc(Br)ccc3s2)c1. The molecule has 0 bridgehead atoms. The van der Waals surface area contributed by atoms with Crippen LogP contribution in [0.15, 0.2) is 46.9 Å². The van der Waals surface area contributed by atoms with Crippen LogP contribution in [-0.2, 0) is 6.42 Å². The fourth-order valence-corrected chi connectivity index (χ4v) is 3.23. The van der Waals surface area contributed by atoms with Gasteiger partial charge in [-0.25, -0.2) is 4.98 Å². The summed E-state index contributed by atoms with van der Waals surface area (Å²) in [5.41, 5.74) is 8.84. The molecule has 2 N–H and O–H groups in total. The van der Waals surface area contributed by atoms with E-state index in [-0.39, 0.29) is 0 Å². The molecule has 0 unspecified atom stereocenters. The van der Waals surface area contributed by atoms with E-state index in [2.05, 4.69) is 39.1 Å². The molecule has 0 aliphatic carbocycles. The maximum atomic E-state index is 5.78. The highest BCUT2D eigenvalue weighted by Crippen LogP contribution is 2.26. The van der Waals surface area contributed by atoms with Crippen LogP contribution in [0.25, 0.3) is 10.2 Å². The molecule has 0 atom stereocenters. The highest BCUT2D eigenvalue weighted by atomic mass is 79.9. The van der Waals surface area contributed by atoms with Crippen molar-refractivity contribution in [2.45, 2.75) is 6.42 Å². The number of thiazole rings is 1. The van der Waals surface area contributed by atoms with E-state index in [0.29, 0.717) is 0 Å². The first-order valence-electron chi connectivity index (χ1n) is 5.60. The number of halogens is 1. The second kappa shape index (κ2) is 4.71. The van der Waals surface area contributed by atoms with Crippen molar-refractivity contribution >= 4 is 43.2 Å². The molecule has 18 heavy (non-hydrogen) atoms. The number of hydrogen-bond acceptors (Lipinski definition) is 3. The third-order valence-corrected chi connectivity index (χ3v) is 4.23. The zero-order valence-electron chi connectivity index (χ0n) is 9.56. The van der Waals surface area contributed by atoms with Crippen molar-refractivity contribution in [3.63, 3.8) is 0 Å². The standard InChI is InChI=1S/C14H11BrN2S/c15-10-4-5-13-12(8-10)17-14(18-13)7-9-2-1-3-11(16)6-9/h1-6,8H,7,16H2. The van der Waals surface area contributed by atoms with Gasteiger partial charge >= 0.3 is 0 Å². The number of hydrogen-bond donors (Lipinski definition) is 1. The lowest BCUT2D eigenvalue weighted by molar-refractivity contribution is 1.16. The van der Waals surface area contributed by atoms with Crippen molar-refractivity contribution in [2.75, 3.05) is 5.73 Å². The van der Waals surface area contributed by atoms with E-state index >= 15 is 0 Å². The number of nitrogens with two attached hydrogens (primary N) is 1. The van der Waals surface area contributed by atoms with Gasteiger partial charge in [0.25, 0.3) is 0 Å². The average Bonchev–Trinajstić information content (AvgIpc) is 2.70. The summed E-state index contributed by atoms with van der Waals surface area (Å²) in [7, 11) is 0. The summed E-state index contributed by atoms with van der Waals surface area (Å²) in [6, 6.07) is 14.2. The van der Waals surface area contributed by atoms with Crippen LogP contribution in [0.3, 0.4) is 0 Å². The minimum Gasteiger partial charge on any atom is -0.399 e. The minimum absolute atomic E-state index is 0.802. The van der Waals surface area contributed by atoms with Crippen LogP contribution in [0, 0.1) is 0 Å². The first-order valence-corrected chi connectivity index (χ1v) is 7.21. The Morgan fingerprint density at radius 1 is 1.17 bits per heavy atom. The molecule has 0 aliphatic rings. The van der Waals surface area contributed by atoms with E-state index in [1.165, 1.54) is 10.3 Å². The molecule has 1 aromatic heterocycles. The molecule has 0 amide bonds. The number of aromatic nitrogens is 1. The topological polar surface area (TPSA) is 38.9 Å². The monoisotopic (exact) mass is 318 g/mol. The molecule has 0 saturated heterocycles. The van der Waals surface area contributed by atoms with Gasteiger partial charge in [-0.1, -0.05) is 28.1 Å². The van der Waals surface area contributed by atoms with E-state index in [1.54, 1.807) is 11.3 Å². The Labute approximate surface area is 118 Å². The van der Waals surface area contributed by atoms with Crippen molar-refractivity contribution in [1.82, 2.24) is 4.98 Å². The number of rotatable bonds is 2. The minimum atomic E-state index is 0.802. The summed E-state index contributed by atoms with van der Waals surface area (Å²) in [5, 5.41) is 1.12. The van der Waals surface area contributed by atoms with Crippen molar-refractivity contribution in [2.24, 2.45) is 0 Å². The number of nitrogens with zero attached hydrogens (tertiary/aromatic N) is 1. The lowest BCUT2D eigenvalue weighted by atomic mass is 10.1. The van der Waals surface area contributed by atoms with E-state index in [4.69, 9.17) is 5.73 Å². The van der Waals surface area contributed by atoms with E-state index in [0.717, 1.165) is 27.1 Å². The highest BCUT2D eigenvalue weighted by Gasteiger charge is 2.05. The van der Waals surface area contributed by atoms with Crippen molar-refractivity contribution < 1.29 is 0 Å². The summed E-state index contributed by atoms with van der Waals surface area (Å²) in [4.78, 5) is 4.65. The second-order valence-electron chi connectivity index (χ2n) is 4.14. The van der Waals surface area contributed by atoms with Gasteiger partial charge in [-0.3, -0.25) is 0 Å². The van der Waals surface area contributed by atoms with Crippen molar-refractivity contribution in [1.29, 1.82) is 0 Å². The molecule has 2 aromatic carbocycles. The molecule has 2 nitrogen and oxygen atoms in total. The normalized spacial score (nSPS) is 10.9. The van der Waals surface area contributed by atoms with Gasteiger partial charge in [-0.2, -0.15) is 0 Å². The fourth-order valence-electron chi connectivity index (χ4n) is 1.90. The zero-order valence-corrected chi connectivity index (χ0v) is 12.0. The van der Waals surface area contributed by atoms with Crippen LogP contribution >= 0.6 is 27.3 Å². The van der Waals surface area contributed by atoms with Gasteiger partial charge in [0, 0.05) is 16.6 Å². The molecule has 0 radical (unpaired) electrons. The summed E-state index contributed by atoms with van der Waals surface area (Å²) < 4.78 is 2.29. The predicted octanol–water partition coefficient (Wildman–Crippen LogP) is 4.23. The number of fused-ring (bicyclic) bond motifs is 1. The predicted molar refractivity (Wildman–Crippen MR) is 81.0 cm³/mol. The van der Waals surface area contributed by atoms with Crippen LogP contribution in [0.5, 0.6) is 0 Å². The first-order chi connectivity index (χ1) is 8.70. The van der Waals surface area contributed by atoms with Crippen LogP contribution in [0.4, 0.5) is 5.69 Å². The van der Waals surface area contributed by atoms with Crippen molar-refractivity contribution in [3.05, 3.63) is 57.5 Å².